The first-order valence-electron chi connectivity index (χ1n) is 5.31. The quantitative estimate of drug-likeness (QED) is 0.790. The Labute approximate surface area is 113 Å². The lowest BCUT2D eigenvalue weighted by molar-refractivity contribution is 0.102. The minimum Gasteiger partial charge on any atom is -0.383 e. The summed E-state index contributed by atoms with van der Waals surface area (Å²) in [5.74, 6) is -0.154. The van der Waals surface area contributed by atoms with E-state index in [2.05, 4.69) is 10.1 Å². The first kappa shape index (κ1) is 13.2. The van der Waals surface area contributed by atoms with Gasteiger partial charge in [0.15, 0.2) is 0 Å². The van der Waals surface area contributed by atoms with E-state index in [0.29, 0.717) is 28.7 Å². The van der Waals surface area contributed by atoms with Gasteiger partial charge in [0.1, 0.15) is 5.69 Å². The summed E-state index contributed by atoms with van der Waals surface area (Å²) in [5, 5.41) is 5.27. The van der Waals surface area contributed by atoms with Gasteiger partial charge in [-0.2, -0.15) is 5.10 Å². The molecule has 0 atom stereocenters. The average Bonchev–Trinajstić information content (AvgIpc) is 2.92. The van der Waals surface area contributed by atoms with Gasteiger partial charge in [0, 0.05) is 13.3 Å². The molecule has 0 saturated carbocycles. The number of aryl methyl sites for hydroxylation is 1. The van der Waals surface area contributed by atoms with Crippen LogP contribution in [0.15, 0.2) is 12.4 Å². The number of halogens is 1. The first-order valence-corrected chi connectivity index (χ1v) is 6.50. The molecule has 18 heavy (non-hydrogen) atoms. The molecule has 0 spiro atoms. The number of ketones is 1. The summed E-state index contributed by atoms with van der Waals surface area (Å²) in [5.41, 5.74) is 0.386. The van der Waals surface area contributed by atoms with Crippen LogP contribution in [0.5, 0.6) is 0 Å². The Morgan fingerprint density at radius 3 is 2.94 bits per heavy atom. The standard InChI is InChI=1S/C11H12ClN3O2S/c1-7-13-6-9(18-7)11(16)10-8(12)5-14-15(10)3-4-17-2/h5-6H,3-4H2,1-2H3. The minimum absolute atomic E-state index is 0.154. The van der Waals surface area contributed by atoms with E-state index in [1.54, 1.807) is 18.0 Å². The highest BCUT2D eigenvalue weighted by molar-refractivity contribution is 7.13. The van der Waals surface area contributed by atoms with Crippen molar-refractivity contribution in [2.45, 2.75) is 13.5 Å². The smallest absolute Gasteiger partial charge is 0.224 e. The third kappa shape index (κ3) is 2.60. The topological polar surface area (TPSA) is 57.0 Å². The molecule has 2 heterocycles. The zero-order valence-corrected chi connectivity index (χ0v) is 11.6. The third-order valence-electron chi connectivity index (χ3n) is 2.36. The molecule has 2 rings (SSSR count). The molecule has 5 nitrogen and oxygen atoms in total. The van der Waals surface area contributed by atoms with Crippen molar-refractivity contribution in [1.29, 1.82) is 0 Å². The van der Waals surface area contributed by atoms with E-state index in [1.165, 1.54) is 17.5 Å². The lowest BCUT2D eigenvalue weighted by atomic mass is 10.2. The van der Waals surface area contributed by atoms with Crippen molar-refractivity contribution in [3.05, 3.63) is 33.0 Å². The lowest BCUT2D eigenvalue weighted by Crippen LogP contribution is -2.14. The maximum atomic E-state index is 12.3. The second kappa shape index (κ2) is 5.60. The number of thiazole rings is 1. The molecular weight excluding hydrogens is 274 g/mol. The normalized spacial score (nSPS) is 10.8. The maximum Gasteiger partial charge on any atom is 0.224 e. The van der Waals surface area contributed by atoms with Gasteiger partial charge in [-0.1, -0.05) is 11.6 Å². The zero-order chi connectivity index (χ0) is 13.1. The molecule has 0 unspecified atom stereocenters. The van der Waals surface area contributed by atoms with Gasteiger partial charge in [0.05, 0.1) is 34.3 Å². The van der Waals surface area contributed by atoms with Crippen LogP contribution in [0.4, 0.5) is 0 Å². The highest BCUT2D eigenvalue weighted by Crippen LogP contribution is 2.22. The van der Waals surface area contributed by atoms with Crippen molar-refractivity contribution >= 4 is 28.7 Å². The van der Waals surface area contributed by atoms with E-state index in [4.69, 9.17) is 16.3 Å². The Morgan fingerprint density at radius 2 is 2.33 bits per heavy atom. The second-order valence-electron chi connectivity index (χ2n) is 3.63. The van der Waals surface area contributed by atoms with Crippen LogP contribution in [-0.2, 0) is 11.3 Å². The monoisotopic (exact) mass is 285 g/mol. The van der Waals surface area contributed by atoms with E-state index in [0.717, 1.165) is 5.01 Å². The number of hydrogen-bond donors (Lipinski definition) is 0. The number of rotatable bonds is 5. The number of carbonyl (C=O) groups is 1. The van der Waals surface area contributed by atoms with Crippen LogP contribution in [0.2, 0.25) is 5.02 Å². The molecule has 0 aliphatic rings. The fourth-order valence-electron chi connectivity index (χ4n) is 1.52. The van der Waals surface area contributed by atoms with Gasteiger partial charge in [-0.25, -0.2) is 4.98 Å². The predicted octanol–water partition coefficient (Wildman–Crippen LogP) is 2.18. The van der Waals surface area contributed by atoms with Crippen LogP contribution in [0.3, 0.4) is 0 Å². The predicted molar refractivity (Wildman–Crippen MR) is 69.4 cm³/mol. The summed E-state index contributed by atoms with van der Waals surface area (Å²) in [6.45, 7) is 2.81. The van der Waals surface area contributed by atoms with Crippen LogP contribution < -0.4 is 0 Å². The summed E-state index contributed by atoms with van der Waals surface area (Å²) in [6.07, 6.45) is 3.03. The molecule has 0 saturated heterocycles. The van der Waals surface area contributed by atoms with Crippen molar-refractivity contribution in [1.82, 2.24) is 14.8 Å². The highest BCUT2D eigenvalue weighted by Gasteiger charge is 2.20. The Bertz CT molecular complexity index is 564. The fraction of sp³-hybridized carbons (Fsp3) is 0.364. The molecule has 7 heteroatoms. The minimum atomic E-state index is -0.154. The summed E-state index contributed by atoms with van der Waals surface area (Å²) >= 11 is 7.36. The van der Waals surface area contributed by atoms with E-state index >= 15 is 0 Å². The molecule has 2 aromatic heterocycles. The molecule has 96 valence electrons. The number of ether oxygens (including phenoxy) is 1. The van der Waals surface area contributed by atoms with Crippen molar-refractivity contribution in [3.63, 3.8) is 0 Å². The highest BCUT2D eigenvalue weighted by atomic mass is 35.5. The molecule has 0 aromatic carbocycles. The third-order valence-corrected chi connectivity index (χ3v) is 3.55. The van der Waals surface area contributed by atoms with Gasteiger partial charge in [-0.15, -0.1) is 11.3 Å². The van der Waals surface area contributed by atoms with Gasteiger partial charge in [0.2, 0.25) is 5.78 Å². The van der Waals surface area contributed by atoms with Crippen LogP contribution in [0.1, 0.15) is 20.4 Å². The van der Waals surface area contributed by atoms with Crippen LogP contribution in [-0.4, -0.2) is 34.3 Å². The molecule has 0 amide bonds. The molecule has 0 fully saturated rings. The molecule has 0 N–H and O–H groups in total. The largest absolute Gasteiger partial charge is 0.383 e. The Morgan fingerprint density at radius 1 is 1.56 bits per heavy atom. The molecule has 0 aliphatic carbocycles. The van der Waals surface area contributed by atoms with Gasteiger partial charge < -0.3 is 4.74 Å². The number of hydrogen-bond acceptors (Lipinski definition) is 5. The van der Waals surface area contributed by atoms with Crippen molar-refractivity contribution in [3.8, 4) is 0 Å². The number of nitrogens with zero attached hydrogens (tertiary/aromatic N) is 3. The number of carbonyl (C=O) groups excluding carboxylic acids is 1. The van der Waals surface area contributed by atoms with Gasteiger partial charge in [-0.3, -0.25) is 9.48 Å². The molecular formula is C11H12ClN3O2S. The summed E-state index contributed by atoms with van der Waals surface area (Å²) in [4.78, 5) is 16.9. The van der Waals surface area contributed by atoms with E-state index < -0.39 is 0 Å². The zero-order valence-electron chi connectivity index (χ0n) is 10.0. The Balaban J connectivity index is 2.32. The molecule has 2 aromatic rings. The van der Waals surface area contributed by atoms with Crippen molar-refractivity contribution in [2.24, 2.45) is 0 Å². The molecule has 0 radical (unpaired) electrons. The van der Waals surface area contributed by atoms with E-state index in [9.17, 15) is 4.79 Å². The fourth-order valence-corrected chi connectivity index (χ4v) is 2.46. The van der Waals surface area contributed by atoms with Gasteiger partial charge in [-0.05, 0) is 6.92 Å². The SMILES string of the molecule is COCCn1ncc(Cl)c1C(=O)c1cnc(C)s1. The molecule has 0 aliphatic heterocycles. The van der Waals surface area contributed by atoms with Crippen LogP contribution in [0.25, 0.3) is 0 Å². The molecule has 0 bridgehead atoms. The van der Waals surface area contributed by atoms with E-state index in [-0.39, 0.29) is 5.78 Å². The average molecular weight is 286 g/mol. The summed E-state index contributed by atoms with van der Waals surface area (Å²) in [7, 11) is 1.60. The lowest BCUT2D eigenvalue weighted by Gasteiger charge is -2.05. The van der Waals surface area contributed by atoms with Crippen molar-refractivity contribution in [2.75, 3.05) is 13.7 Å². The van der Waals surface area contributed by atoms with Gasteiger partial charge >= 0.3 is 0 Å². The van der Waals surface area contributed by atoms with Crippen LogP contribution >= 0.6 is 22.9 Å². The first-order chi connectivity index (χ1) is 8.63. The summed E-state index contributed by atoms with van der Waals surface area (Å²) < 4.78 is 6.53. The van der Waals surface area contributed by atoms with Crippen LogP contribution in [0, 0.1) is 6.92 Å². The summed E-state index contributed by atoms with van der Waals surface area (Å²) in [6, 6.07) is 0. The maximum absolute atomic E-state index is 12.3. The Kier molecular flexibility index (Phi) is 4.11. The second-order valence-corrected chi connectivity index (χ2v) is 5.27. The Hall–Kier alpha value is -1.24. The number of methoxy groups -OCH3 is 1. The number of aromatic nitrogens is 3. The van der Waals surface area contributed by atoms with Crippen molar-refractivity contribution < 1.29 is 9.53 Å². The van der Waals surface area contributed by atoms with Gasteiger partial charge in [0.25, 0.3) is 0 Å². The van der Waals surface area contributed by atoms with E-state index in [1.807, 2.05) is 6.92 Å².